The first kappa shape index (κ1) is 12.1. The van der Waals surface area contributed by atoms with Gasteiger partial charge in [-0.1, -0.05) is 6.92 Å². The van der Waals surface area contributed by atoms with Crippen LogP contribution in [0.1, 0.15) is 12.7 Å². The number of hydrogen-bond donors (Lipinski definition) is 1. The van der Waals surface area contributed by atoms with Gasteiger partial charge < -0.3 is 14.6 Å². The molecule has 1 N–H and O–H groups in total. The van der Waals surface area contributed by atoms with Crippen LogP contribution in [-0.2, 0) is 11.3 Å². The van der Waals surface area contributed by atoms with E-state index in [0.29, 0.717) is 5.92 Å². The first-order valence-electron chi connectivity index (χ1n) is 6.01. The molecule has 1 fully saturated rings. The van der Waals surface area contributed by atoms with Gasteiger partial charge in [-0.3, -0.25) is 4.79 Å². The van der Waals surface area contributed by atoms with E-state index in [-0.39, 0.29) is 5.92 Å². The molecule has 17 heavy (non-hydrogen) atoms. The molecule has 0 aromatic carbocycles. The third-order valence-corrected chi connectivity index (χ3v) is 3.66. The molecule has 2 rings (SSSR count). The maximum Gasteiger partial charge on any atom is 0.306 e. The van der Waals surface area contributed by atoms with Crippen molar-refractivity contribution in [3.8, 4) is 0 Å². The summed E-state index contributed by atoms with van der Waals surface area (Å²) in [6.07, 6.45) is 3.78. The molecule has 1 aromatic rings. The largest absolute Gasteiger partial charge is 0.481 e. The highest BCUT2D eigenvalue weighted by Crippen LogP contribution is 2.23. The van der Waals surface area contributed by atoms with Gasteiger partial charge in [-0.25, -0.2) is 4.98 Å². The van der Waals surface area contributed by atoms with E-state index in [1.807, 2.05) is 13.1 Å². The van der Waals surface area contributed by atoms with Gasteiger partial charge in [0.05, 0.1) is 5.92 Å². The SMILES string of the molecule is Cc1nccn1CCN1CC(C(C)C(=O)O)C1. The standard InChI is InChI=1S/C12H19N3O2/c1-9(12(16)17)11-7-14(8-11)5-6-15-4-3-13-10(15)2/h3-4,9,11H,5-8H2,1-2H3,(H,16,17). The number of nitrogens with zero attached hydrogens (tertiary/aromatic N) is 3. The van der Waals surface area contributed by atoms with Crippen LogP contribution in [0.4, 0.5) is 0 Å². The summed E-state index contributed by atoms with van der Waals surface area (Å²) in [5, 5.41) is 8.89. The van der Waals surface area contributed by atoms with Gasteiger partial charge >= 0.3 is 5.97 Å². The van der Waals surface area contributed by atoms with Crippen molar-refractivity contribution >= 4 is 5.97 Å². The lowest BCUT2D eigenvalue weighted by molar-refractivity contribution is -0.145. The Morgan fingerprint density at radius 3 is 2.82 bits per heavy atom. The zero-order chi connectivity index (χ0) is 12.4. The number of rotatable bonds is 5. The highest BCUT2D eigenvalue weighted by Gasteiger charge is 2.34. The molecule has 0 aliphatic carbocycles. The molecule has 1 aliphatic rings. The summed E-state index contributed by atoms with van der Waals surface area (Å²) in [4.78, 5) is 17.3. The summed E-state index contributed by atoms with van der Waals surface area (Å²) in [5.41, 5.74) is 0. The predicted molar refractivity (Wildman–Crippen MR) is 63.7 cm³/mol. The van der Waals surface area contributed by atoms with Crippen LogP contribution >= 0.6 is 0 Å². The molecule has 1 aromatic heterocycles. The summed E-state index contributed by atoms with van der Waals surface area (Å²) in [6, 6.07) is 0. The highest BCUT2D eigenvalue weighted by molar-refractivity contribution is 5.70. The van der Waals surface area contributed by atoms with E-state index in [4.69, 9.17) is 5.11 Å². The molecule has 0 radical (unpaired) electrons. The number of aryl methyl sites for hydroxylation is 1. The van der Waals surface area contributed by atoms with Crippen molar-refractivity contribution in [2.24, 2.45) is 11.8 Å². The quantitative estimate of drug-likeness (QED) is 0.824. The van der Waals surface area contributed by atoms with Crippen LogP contribution in [0.15, 0.2) is 12.4 Å². The number of aromatic nitrogens is 2. The van der Waals surface area contributed by atoms with Gasteiger partial charge in [-0.05, 0) is 12.8 Å². The zero-order valence-corrected chi connectivity index (χ0v) is 10.3. The lowest BCUT2D eigenvalue weighted by Crippen LogP contribution is -2.51. The summed E-state index contributed by atoms with van der Waals surface area (Å²) in [7, 11) is 0. The average molecular weight is 237 g/mol. The molecule has 1 saturated heterocycles. The second-order valence-electron chi connectivity index (χ2n) is 4.81. The molecule has 94 valence electrons. The number of hydrogen-bond acceptors (Lipinski definition) is 3. The molecule has 5 heteroatoms. The van der Waals surface area contributed by atoms with E-state index in [0.717, 1.165) is 32.0 Å². The van der Waals surface area contributed by atoms with Gasteiger partial charge in [0, 0.05) is 38.6 Å². The topological polar surface area (TPSA) is 58.4 Å². The summed E-state index contributed by atoms with van der Waals surface area (Å²) in [6.45, 7) is 7.50. The first-order chi connectivity index (χ1) is 8.08. The smallest absolute Gasteiger partial charge is 0.306 e. The third kappa shape index (κ3) is 2.66. The Kier molecular flexibility index (Phi) is 3.47. The van der Waals surface area contributed by atoms with Crippen LogP contribution in [0.25, 0.3) is 0 Å². The van der Waals surface area contributed by atoms with Gasteiger partial charge in [0.25, 0.3) is 0 Å². The fourth-order valence-corrected chi connectivity index (χ4v) is 2.20. The third-order valence-electron chi connectivity index (χ3n) is 3.66. The van der Waals surface area contributed by atoms with Crippen LogP contribution in [0.3, 0.4) is 0 Å². The Bertz CT molecular complexity index is 396. The Hall–Kier alpha value is -1.36. The predicted octanol–water partition coefficient (Wildman–Crippen LogP) is 0.844. The fourth-order valence-electron chi connectivity index (χ4n) is 2.20. The van der Waals surface area contributed by atoms with Gasteiger partial charge in [0.1, 0.15) is 5.82 Å². The highest BCUT2D eigenvalue weighted by atomic mass is 16.4. The van der Waals surface area contributed by atoms with E-state index < -0.39 is 5.97 Å². The average Bonchev–Trinajstić information content (AvgIpc) is 2.61. The van der Waals surface area contributed by atoms with Gasteiger partial charge in [0.15, 0.2) is 0 Å². The van der Waals surface area contributed by atoms with Crippen molar-refractivity contribution in [2.75, 3.05) is 19.6 Å². The van der Waals surface area contributed by atoms with Crippen LogP contribution < -0.4 is 0 Å². The molecule has 0 amide bonds. The van der Waals surface area contributed by atoms with Crippen LogP contribution in [0, 0.1) is 18.8 Å². The lowest BCUT2D eigenvalue weighted by Gasteiger charge is -2.41. The number of imidazole rings is 1. The monoisotopic (exact) mass is 237 g/mol. The van der Waals surface area contributed by atoms with E-state index >= 15 is 0 Å². The van der Waals surface area contributed by atoms with Gasteiger partial charge in [0.2, 0.25) is 0 Å². The Labute approximate surface area is 101 Å². The van der Waals surface area contributed by atoms with E-state index in [1.165, 1.54) is 0 Å². The molecule has 2 heterocycles. The van der Waals surface area contributed by atoms with Crippen LogP contribution in [0.5, 0.6) is 0 Å². The Balaban J connectivity index is 1.71. The maximum atomic E-state index is 10.8. The second kappa shape index (κ2) is 4.87. The summed E-state index contributed by atoms with van der Waals surface area (Å²) >= 11 is 0. The van der Waals surface area contributed by atoms with E-state index in [9.17, 15) is 4.79 Å². The van der Waals surface area contributed by atoms with Gasteiger partial charge in [-0.15, -0.1) is 0 Å². The minimum absolute atomic E-state index is 0.221. The van der Waals surface area contributed by atoms with Crippen LogP contribution in [0.2, 0.25) is 0 Å². The van der Waals surface area contributed by atoms with Gasteiger partial charge in [-0.2, -0.15) is 0 Å². The van der Waals surface area contributed by atoms with Crippen molar-refractivity contribution in [3.63, 3.8) is 0 Å². The number of aliphatic carboxylic acids is 1. The molecular weight excluding hydrogens is 218 g/mol. The molecule has 1 unspecified atom stereocenters. The fraction of sp³-hybridized carbons (Fsp3) is 0.667. The number of carboxylic acids is 1. The van der Waals surface area contributed by atoms with E-state index in [1.54, 1.807) is 13.1 Å². The minimum Gasteiger partial charge on any atom is -0.481 e. The molecule has 1 atom stereocenters. The molecule has 0 saturated carbocycles. The Morgan fingerprint density at radius 2 is 2.29 bits per heavy atom. The second-order valence-corrected chi connectivity index (χ2v) is 4.81. The number of carbonyl (C=O) groups is 1. The van der Waals surface area contributed by atoms with E-state index in [2.05, 4.69) is 14.5 Å². The Morgan fingerprint density at radius 1 is 1.59 bits per heavy atom. The molecule has 0 bridgehead atoms. The van der Waals surface area contributed by atoms with Crippen LogP contribution in [-0.4, -0.2) is 45.2 Å². The van der Waals surface area contributed by atoms with Crippen molar-refractivity contribution in [3.05, 3.63) is 18.2 Å². The normalized spacial score (nSPS) is 18.9. The summed E-state index contributed by atoms with van der Waals surface area (Å²) in [5.74, 6) is 0.443. The zero-order valence-electron chi connectivity index (χ0n) is 10.3. The molecular formula is C12H19N3O2. The lowest BCUT2D eigenvalue weighted by atomic mass is 9.87. The molecule has 0 spiro atoms. The molecule has 1 aliphatic heterocycles. The van der Waals surface area contributed by atoms with Crippen molar-refractivity contribution in [1.82, 2.24) is 14.5 Å². The summed E-state index contributed by atoms with van der Waals surface area (Å²) < 4.78 is 2.12. The minimum atomic E-state index is -0.680. The van der Waals surface area contributed by atoms with Crippen molar-refractivity contribution in [1.29, 1.82) is 0 Å². The molecule has 5 nitrogen and oxygen atoms in total. The maximum absolute atomic E-state index is 10.8. The number of carboxylic acid groups (broad SMARTS) is 1. The van der Waals surface area contributed by atoms with Crippen molar-refractivity contribution < 1.29 is 9.90 Å². The first-order valence-corrected chi connectivity index (χ1v) is 6.01. The van der Waals surface area contributed by atoms with Crippen molar-refractivity contribution in [2.45, 2.75) is 20.4 Å². The number of likely N-dealkylation sites (tertiary alicyclic amines) is 1.